The first kappa shape index (κ1) is 14.2. The highest BCUT2D eigenvalue weighted by Crippen LogP contribution is 2.34. The number of carbonyl (C=O) groups is 1. The van der Waals surface area contributed by atoms with Crippen molar-refractivity contribution in [1.29, 1.82) is 0 Å². The summed E-state index contributed by atoms with van der Waals surface area (Å²) in [4.78, 5) is 12.2. The highest BCUT2D eigenvalue weighted by Gasteiger charge is 2.22. The van der Waals surface area contributed by atoms with E-state index in [0.717, 1.165) is 24.5 Å². The van der Waals surface area contributed by atoms with Gasteiger partial charge in [0.25, 0.3) is 0 Å². The van der Waals surface area contributed by atoms with Gasteiger partial charge in [-0.2, -0.15) is 0 Å². The van der Waals surface area contributed by atoms with Crippen LogP contribution in [0.5, 0.6) is 11.5 Å². The van der Waals surface area contributed by atoms with Crippen LogP contribution in [0.15, 0.2) is 18.2 Å². The number of piperidine rings is 1. The average Bonchev–Trinajstić information content (AvgIpc) is 2.95. The summed E-state index contributed by atoms with van der Waals surface area (Å²) in [6, 6.07) is 5.49. The van der Waals surface area contributed by atoms with Gasteiger partial charge >= 0.3 is 0 Å². The van der Waals surface area contributed by atoms with Gasteiger partial charge in [0.15, 0.2) is 11.5 Å². The average molecular weight is 290 g/mol. The minimum atomic E-state index is 0.0693. The number of hydrogen-bond acceptors (Lipinski definition) is 4. The predicted octanol–water partition coefficient (Wildman–Crippen LogP) is 2.38. The van der Waals surface area contributed by atoms with Crippen molar-refractivity contribution >= 4 is 11.6 Å². The second kappa shape index (κ2) is 6.35. The van der Waals surface area contributed by atoms with E-state index in [1.807, 2.05) is 18.2 Å². The van der Waals surface area contributed by atoms with Gasteiger partial charge in [0, 0.05) is 18.2 Å². The lowest BCUT2D eigenvalue weighted by atomic mass is 9.84. The zero-order chi connectivity index (χ0) is 14.7. The molecule has 1 fully saturated rings. The van der Waals surface area contributed by atoms with E-state index < -0.39 is 0 Å². The van der Waals surface area contributed by atoms with Crippen LogP contribution in [0.2, 0.25) is 0 Å². The van der Waals surface area contributed by atoms with Gasteiger partial charge in [0.05, 0.1) is 0 Å². The van der Waals surface area contributed by atoms with E-state index in [1.165, 1.54) is 12.8 Å². The minimum Gasteiger partial charge on any atom is -0.454 e. The molecule has 0 bridgehead atoms. The zero-order valence-electron chi connectivity index (χ0n) is 12.4. The largest absolute Gasteiger partial charge is 0.454 e. The first-order valence-electron chi connectivity index (χ1n) is 7.62. The van der Waals surface area contributed by atoms with Crippen LogP contribution in [-0.2, 0) is 4.79 Å². The fourth-order valence-corrected chi connectivity index (χ4v) is 3.06. The molecule has 1 aromatic carbocycles. The zero-order valence-corrected chi connectivity index (χ0v) is 12.4. The molecule has 1 amide bonds. The van der Waals surface area contributed by atoms with Gasteiger partial charge in [-0.3, -0.25) is 4.79 Å². The quantitative estimate of drug-likeness (QED) is 0.894. The van der Waals surface area contributed by atoms with Gasteiger partial charge in [0.2, 0.25) is 12.7 Å². The number of anilines is 1. The third kappa shape index (κ3) is 3.47. The van der Waals surface area contributed by atoms with Crippen molar-refractivity contribution in [3.05, 3.63) is 18.2 Å². The van der Waals surface area contributed by atoms with Crippen LogP contribution in [0.4, 0.5) is 5.69 Å². The molecule has 0 aliphatic carbocycles. The van der Waals surface area contributed by atoms with Crippen LogP contribution in [0.3, 0.4) is 0 Å². The molecular weight excluding hydrogens is 268 g/mol. The summed E-state index contributed by atoms with van der Waals surface area (Å²) in [7, 11) is 0. The Morgan fingerprint density at radius 3 is 2.90 bits per heavy atom. The van der Waals surface area contributed by atoms with Crippen LogP contribution in [-0.4, -0.2) is 25.8 Å². The Bertz CT molecular complexity index is 512. The number of benzene rings is 1. The number of amides is 1. The van der Waals surface area contributed by atoms with Crippen LogP contribution in [0.1, 0.15) is 26.2 Å². The molecule has 114 valence electrons. The molecule has 5 nitrogen and oxygen atoms in total. The molecule has 3 rings (SSSR count). The van der Waals surface area contributed by atoms with E-state index in [2.05, 4.69) is 17.6 Å². The lowest BCUT2D eigenvalue weighted by Gasteiger charge is -2.27. The normalized spacial score (nSPS) is 19.3. The van der Waals surface area contributed by atoms with E-state index >= 15 is 0 Å². The Labute approximate surface area is 125 Å². The SMILES string of the molecule is CC(CC(=O)Nc1ccc2c(c1)OCO2)C1CCNCC1. The lowest BCUT2D eigenvalue weighted by Crippen LogP contribution is -2.32. The molecule has 1 unspecified atom stereocenters. The van der Waals surface area contributed by atoms with Gasteiger partial charge in [-0.25, -0.2) is 0 Å². The Morgan fingerprint density at radius 1 is 1.33 bits per heavy atom. The third-order valence-corrected chi connectivity index (χ3v) is 4.35. The fraction of sp³-hybridized carbons (Fsp3) is 0.562. The van der Waals surface area contributed by atoms with Gasteiger partial charge in [-0.05, 0) is 49.9 Å². The van der Waals surface area contributed by atoms with Gasteiger partial charge in [0.1, 0.15) is 0 Å². The maximum Gasteiger partial charge on any atom is 0.231 e. The van der Waals surface area contributed by atoms with E-state index in [4.69, 9.17) is 9.47 Å². The topological polar surface area (TPSA) is 59.6 Å². The fourth-order valence-electron chi connectivity index (χ4n) is 3.06. The summed E-state index contributed by atoms with van der Waals surface area (Å²) in [5, 5.41) is 6.31. The van der Waals surface area contributed by atoms with E-state index in [0.29, 0.717) is 24.0 Å². The van der Waals surface area contributed by atoms with Gasteiger partial charge < -0.3 is 20.1 Å². The van der Waals surface area contributed by atoms with Gasteiger partial charge in [-0.1, -0.05) is 6.92 Å². The molecule has 1 saturated heterocycles. The molecule has 2 aliphatic rings. The first-order valence-corrected chi connectivity index (χ1v) is 7.62. The van der Waals surface area contributed by atoms with Crippen molar-refractivity contribution in [2.75, 3.05) is 25.2 Å². The minimum absolute atomic E-state index is 0.0693. The summed E-state index contributed by atoms with van der Waals surface area (Å²) in [6.45, 7) is 4.56. The smallest absolute Gasteiger partial charge is 0.231 e. The number of nitrogens with one attached hydrogen (secondary N) is 2. The predicted molar refractivity (Wildman–Crippen MR) is 80.6 cm³/mol. The molecule has 1 atom stereocenters. The number of rotatable bonds is 4. The van der Waals surface area contributed by atoms with Crippen molar-refractivity contribution in [2.24, 2.45) is 11.8 Å². The summed E-state index contributed by atoms with van der Waals surface area (Å²) < 4.78 is 10.6. The molecule has 2 N–H and O–H groups in total. The Kier molecular flexibility index (Phi) is 4.29. The Morgan fingerprint density at radius 2 is 2.10 bits per heavy atom. The number of hydrogen-bond donors (Lipinski definition) is 2. The van der Waals surface area contributed by atoms with E-state index in [-0.39, 0.29) is 12.7 Å². The van der Waals surface area contributed by atoms with Crippen molar-refractivity contribution in [2.45, 2.75) is 26.2 Å². The number of carbonyl (C=O) groups excluding carboxylic acids is 1. The standard InChI is InChI=1S/C16H22N2O3/c1-11(12-4-6-17-7-5-12)8-16(19)18-13-2-3-14-15(9-13)21-10-20-14/h2-3,9,11-12,17H,4-8,10H2,1H3,(H,18,19). The summed E-state index contributed by atoms with van der Waals surface area (Å²) in [5.74, 6) is 2.56. The Hall–Kier alpha value is -1.75. The second-order valence-electron chi connectivity index (χ2n) is 5.89. The van der Waals surface area contributed by atoms with Crippen LogP contribution >= 0.6 is 0 Å². The third-order valence-electron chi connectivity index (χ3n) is 4.35. The first-order chi connectivity index (χ1) is 10.2. The molecular formula is C16H22N2O3. The summed E-state index contributed by atoms with van der Waals surface area (Å²) in [6.07, 6.45) is 2.90. The maximum absolute atomic E-state index is 12.2. The molecule has 2 aliphatic heterocycles. The van der Waals surface area contributed by atoms with Crippen molar-refractivity contribution in [3.8, 4) is 11.5 Å². The Balaban J connectivity index is 1.53. The monoisotopic (exact) mass is 290 g/mol. The molecule has 0 radical (unpaired) electrons. The number of fused-ring (bicyclic) bond motifs is 1. The van der Waals surface area contributed by atoms with E-state index in [9.17, 15) is 4.79 Å². The van der Waals surface area contributed by atoms with Crippen molar-refractivity contribution in [1.82, 2.24) is 5.32 Å². The number of ether oxygens (including phenoxy) is 2. The molecule has 1 aromatic rings. The maximum atomic E-state index is 12.2. The highest BCUT2D eigenvalue weighted by atomic mass is 16.7. The molecule has 0 saturated carbocycles. The van der Waals surface area contributed by atoms with Gasteiger partial charge in [-0.15, -0.1) is 0 Å². The molecule has 0 spiro atoms. The van der Waals surface area contributed by atoms with Crippen LogP contribution in [0.25, 0.3) is 0 Å². The van der Waals surface area contributed by atoms with Crippen molar-refractivity contribution in [3.63, 3.8) is 0 Å². The van der Waals surface area contributed by atoms with Crippen LogP contribution < -0.4 is 20.1 Å². The van der Waals surface area contributed by atoms with E-state index in [1.54, 1.807) is 0 Å². The molecule has 21 heavy (non-hydrogen) atoms. The molecule has 0 aromatic heterocycles. The second-order valence-corrected chi connectivity index (χ2v) is 5.89. The lowest BCUT2D eigenvalue weighted by molar-refractivity contribution is -0.117. The van der Waals surface area contributed by atoms with Crippen LogP contribution in [0, 0.1) is 11.8 Å². The van der Waals surface area contributed by atoms with Crippen molar-refractivity contribution < 1.29 is 14.3 Å². The summed E-state index contributed by atoms with van der Waals surface area (Å²) >= 11 is 0. The summed E-state index contributed by atoms with van der Waals surface area (Å²) in [5.41, 5.74) is 0.766. The highest BCUT2D eigenvalue weighted by molar-refractivity contribution is 5.91. The molecule has 5 heteroatoms. The molecule has 2 heterocycles.